The molecule has 1 aromatic carbocycles. The summed E-state index contributed by atoms with van der Waals surface area (Å²) in [5.74, 6) is 1.12. The Balaban J connectivity index is 1.99. The van der Waals surface area contributed by atoms with Crippen molar-refractivity contribution in [2.75, 3.05) is 27.3 Å². The lowest BCUT2D eigenvalue weighted by Crippen LogP contribution is -2.56. The molecule has 0 aliphatic carbocycles. The summed E-state index contributed by atoms with van der Waals surface area (Å²) in [4.78, 5) is 26.6. The second kappa shape index (κ2) is 6.10. The summed E-state index contributed by atoms with van der Waals surface area (Å²) >= 11 is 0. The number of piperidine rings is 1. The van der Waals surface area contributed by atoms with E-state index in [1.54, 1.807) is 20.3 Å². The second-order valence-corrected chi connectivity index (χ2v) is 6.02. The van der Waals surface area contributed by atoms with Crippen molar-refractivity contribution in [2.45, 2.75) is 31.7 Å². The van der Waals surface area contributed by atoms with Crippen molar-refractivity contribution < 1.29 is 19.1 Å². The van der Waals surface area contributed by atoms with Crippen LogP contribution in [0.5, 0.6) is 11.5 Å². The summed E-state index contributed by atoms with van der Waals surface area (Å²) in [5, 5.41) is 3.04. The fourth-order valence-corrected chi connectivity index (χ4v) is 3.53. The van der Waals surface area contributed by atoms with E-state index in [1.807, 2.05) is 17.9 Å². The third kappa shape index (κ3) is 2.62. The first kappa shape index (κ1) is 15.6. The number of rotatable bonds is 4. The highest BCUT2D eigenvalue weighted by molar-refractivity contribution is 5.99. The first-order valence-electron chi connectivity index (χ1n) is 7.93. The van der Waals surface area contributed by atoms with Gasteiger partial charge in [-0.3, -0.25) is 9.59 Å². The van der Waals surface area contributed by atoms with Crippen LogP contribution in [0.2, 0.25) is 0 Å². The quantitative estimate of drug-likeness (QED) is 0.914. The van der Waals surface area contributed by atoms with E-state index in [4.69, 9.17) is 9.47 Å². The first-order valence-corrected chi connectivity index (χ1v) is 7.93. The number of hydrogen-bond donors (Lipinski definition) is 1. The van der Waals surface area contributed by atoms with Crippen molar-refractivity contribution in [3.8, 4) is 11.5 Å². The second-order valence-electron chi connectivity index (χ2n) is 6.02. The van der Waals surface area contributed by atoms with Crippen molar-refractivity contribution in [3.63, 3.8) is 0 Å². The number of benzene rings is 1. The van der Waals surface area contributed by atoms with Crippen LogP contribution in [0.25, 0.3) is 0 Å². The van der Waals surface area contributed by atoms with Gasteiger partial charge in [-0.2, -0.15) is 0 Å². The zero-order chi connectivity index (χ0) is 16.6. The van der Waals surface area contributed by atoms with Crippen LogP contribution in [0, 0.1) is 0 Å². The van der Waals surface area contributed by atoms with Gasteiger partial charge in [0.2, 0.25) is 5.91 Å². The number of amides is 2. The van der Waals surface area contributed by atoms with E-state index in [2.05, 4.69) is 5.32 Å². The SMILES string of the molecule is CCCN1CC2NC(=O)c3cc(OC)c(OC)cc3C2CC1=O. The molecule has 3 rings (SSSR count). The van der Waals surface area contributed by atoms with Gasteiger partial charge in [-0.25, -0.2) is 0 Å². The van der Waals surface area contributed by atoms with Gasteiger partial charge in [0.05, 0.1) is 20.3 Å². The number of carbonyl (C=O) groups excluding carboxylic acids is 2. The van der Waals surface area contributed by atoms with E-state index < -0.39 is 0 Å². The van der Waals surface area contributed by atoms with Gasteiger partial charge in [-0.15, -0.1) is 0 Å². The Morgan fingerprint density at radius 2 is 1.91 bits per heavy atom. The molecular formula is C17H22N2O4. The van der Waals surface area contributed by atoms with E-state index in [-0.39, 0.29) is 23.8 Å². The lowest BCUT2D eigenvalue weighted by molar-refractivity contribution is -0.134. The van der Waals surface area contributed by atoms with E-state index in [1.165, 1.54) is 0 Å². The van der Waals surface area contributed by atoms with Gasteiger partial charge >= 0.3 is 0 Å². The first-order chi connectivity index (χ1) is 11.1. The van der Waals surface area contributed by atoms with Crippen LogP contribution in [0.4, 0.5) is 0 Å². The molecule has 1 fully saturated rings. The monoisotopic (exact) mass is 318 g/mol. The molecule has 1 saturated heterocycles. The lowest BCUT2D eigenvalue weighted by Gasteiger charge is -2.42. The smallest absolute Gasteiger partial charge is 0.252 e. The van der Waals surface area contributed by atoms with Crippen LogP contribution in [0.3, 0.4) is 0 Å². The van der Waals surface area contributed by atoms with Gasteiger partial charge in [0, 0.05) is 31.0 Å². The molecule has 6 nitrogen and oxygen atoms in total. The number of hydrogen-bond acceptors (Lipinski definition) is 4. The third-order valence-electron chi connectivity index (χ3n) is 4.66. The third-order valence-corrected chi connectivity index (χ3v) is 4.66. The largest absolute Gasteiger partial charge is 0.493 e. The molecule has 2 heterocycles. The summed E-state index contributed by atoms with van der Waals surface area (Å²) in [5.41, 5.74) is 1.45. The summed E-state index contributed by atoms with van der Waals surface area (Å²) in [6.45, 7) is 3.35. The molecule has 23 heavy (non-hydrogen) atoms. The van der Waals surface area contributed by atoms with Crippen LogP contribution >= 0.6 is 0 Å². The zero-order valence-electron chi connectivity index (χ0n) is 13.7. The Hall–Kier alpha value is -2.24. The standard InChI is InChI=1S/C17H22N2O4/c1-4-5-19-9-13-11(8-16(19)20)10-6-14(22-2)15(23-3)7-12(10)17(21)18-13/h6-7,11,13H,4-5,8-9H2,1-3H3,(H,18,21). The molecule has 2 aliphatic rings. The average molecular weight is 318 g/mol. The van der Waals surface area contributed by atoms with Crippen LogP contribution in [0.1, 0.15) is 41.6 Å². The Bertz CT molecular complexity index is 644. The molecule has 124 valence electrons. The number of nitrogens with one attached hydrogen (secondary N) is 1. The minimum atomic E-state index is -0.118. The Labute approximate surface area is 135 Å². The van der Waals surface area contributed by atoms with Gasteiger partial charge in [0.15, 0.2) is 11.5 Å². The Kier molecular flexibility index (Phi) is 4.15. The maximum absolute atomic E-state index is 12.4. The highest BCUT2D eigenvalue weighted by Gasteiger charge is 2.41. The summed E-state index contributed by atoms with van der Waals surface area (Å²) < 4.78 is 10.6. The molecule has 0 aromatic heterocycles. The minimum absolute atomic E-state index is 0.0110. The molecule has 0 bridgehead atoms. The fourth-order valence-electron chi connectivity index (χ4n) is 3.53. The zero-order valence-corrected chi connectivity index (χ0v) is 13.7. The van der Waals surface area contributed by atoms with Crippen LogP contribution in [-0.4, -0.2) is 50.1 Å². The lowest BCUT2D eigenvalue weighted by atomic mass is 9.79. The molecular weight excluding hydrogens is 296 g/mol. The fraction of sp³-hybridized carbons (Fsp3) is 0.529. The summed E-state index contributed by atoms with van der Waals surface area (Å²) in [7, 11) is 3.11. The topological polar surface area (TPSA) is 67.9 Å². The van der Waals surface area contributed by atoms with Gasteiger partial charge in [0.25, 0.3) is 5.91 Å². The van der Waals surface area contributed by atoms with Crippen LogP contribution in [-0.2, 0) is 4.79 Å². The van der Waals surface area contributed by atoms with Crippen molar-refractivity contribution in [1.29, 1.82) is 0 Å². The van der Waals surface area contributed by atoms with E-state index in [0.29, 0.717) is 30.0 Å². The molecule has 1 aromatic rings. The van der Waals surface area contributed by atoms with Crippen LogP contribution in [0.15, 0.2) is 12.1 Å². The average Bonchev–Trinajstić information content (AvgIpc) is 2.55. The van der Waals surface area contributed by atoms with Gasteiger partial charge in [-0.05, 0) is 24.1 Å². The number of methoxy groups -OCH3 is 2. The molecule has 0 saturated carbocycles. The molecule has 6 heteroatoms. The van der Waals surface area contributed by atoms with Crippen molar-refractivity contribution in [2.24, 2.45) is 0 Å². The highest BCUT2D eigenvalue weighted by atomic mass is 16.5. The van der Waals surface area contributed by atoms with Crippen molar-refractivity contribution in [3.05, 3.63) is 23.3 Å². The molecule has 0 radical (unpaired) electrons. The number of carbonyl (C=O) groups is 2. The summed E-state index contributed by atoms with van der Waals surface area (Å²) in [6, 6.07) is 3.49. The van der Waals surface area contributed by atoms with Gasteiger partial charge < -0.3 is 19.7 Å². The van der Waals surface area contributed by atoms with Gasteiger partial charge in [0.1, 0.15) is 0 Å². The van der Waals surface area contributed by atoms with E-state index in [0.717, 1.165) is 18.5 Å². The number of likely N-dealkylation sites (tertiary alicyclic amines) is 1. The number of nitrogens with zero attached hydrogens (tertiary/aromatic N) is 1. The number of fused-ring (bicyclic) bond motifs is 3. The van der Waals surface area contributed by atoms with E-state index >= 15 is 0 Å². The molecule has 2 unspecified atom stereocenters. The maximum Gasteiger partial charge on any atom is 0.252 e. The maximum atomic E-state index is 12.4. The predicted octanol–water partition coefficient (Wildman–Crippen LogP) is 1.54. The van der Waals surface area contributed by atoms with Crippen molar-refractivity contribution in [1.82, 2.24) is 10.2 Å². The Morgan fingerprint density at radius 1 is 1.22 bits per heavy atom. The number of ether oxygens (including phenoxy) is 2. The molecule has 2 amide bonds. The van der Waals surface area contributed by atoms with Crippen molar-refractivity contribution >= 4 is 11.8 Å². The Morgan fingerprint density at radius 3 is 2.57 bits per heavy atom. The molecule has 2 aliphatic heterocycles. The molecule has 1 N–H and O–H groups in total. The normalized spacial score (nSPS) is 23.0. The predicted molar refractivity (Wildman–Crippen MR) is 85.0 cm³/mol. The molecule has 0 spiro atoms. The molecule has 2 atom stereocenters. The summed E-state index contributed by atoms with van der Waals surface area (Å²) in [6.07, 6.45) is 1.33. The highest BCUT2D eigenvalue weighted by Crippen LogP contribution is 2.40. The van der Waals surface area contributed by atoms with Gasteiger partial charge in [-0.1, -0.05) is 6.92 Å². The minimum Gasteiger partial charge on any atom is -0.493 e. The van der Waals surface area contributed by atoms with Crippen LogP contribution < -0.4 is 14.8 Å². The van der Waals surface area contributed by atoms with E-state index in [9.17, 15) is 9.59 Å².